The average molecular weight is 166 g/mol. The third kappa shape index (κ3) is 0.997. The minimum Gasteiger partial charge on any atom is -0.318 e. The number of amidine groups is 1. The molecule has 0 saturated carbocycles. The Morgan fingerprint density at radius 3 is 3.36 bits per heavy atom. The highest BCUT2D eigenvalue weighted by Crippen LogP contribution is 2.31. The standard InChI is InChI=1S/C8H10N2S/c1-6(2)7-5-11-8-9-3-4-10(7)8/h5H,1,3-4H2,2H3. The van der Waals surface area contributed by atoms with Crippen molar-refractivity contribution in [3.63, 3.8) is 0 Å². The maximum atomic E-state index is 4.34. The van der Waals surface area contributed by atoms with E-state index in [1.807, 2.05) is 6.92 Å². The molecule has 0 spiro atoms. The molecule has 0 N–H and O–H groups in total. The van der Waals surface area contributed by atoms with Gasteiger partial charge in [-0.3, -0.25) is 4.99 Å². The molecule has 2 aliphatic rings. The van der Waals surface area contributed by atoms with E-state index in [1.165, 1.54) is 5.70 Å². The van der Waals surface area contributed by atoms with E-state index < -0.39 is 0 Å². The van der Waals surface area contributed by atoms with Gasteiger partial charge in [-0.1, -0.05) is 18.3 Å². The average Bonchev–Trinajstić information content (AvgIpc) is 2.41. The number of fused-ring (bicyclic) bond motifs is 1. The summed E-state index contributed by atoms with van der Waals surface area (Å²) in [5.74, 6) is 0. The predicted octanol–water partition coefficient (Wildman–Crippen LogP) is 1.82. The van der Waals surface area contributed by atoms with Gasteiger partial charge >= 0.3 is 0 Å². The van der Waals surface area contributed by atoms with E-state index in [1.54, 1.807) is 11.8 Å². The molecular formula is C8H10N2S. The Bertz CT molecular complexity index is 265. The van der Waals surface area contributed by atoms with E-state index in [0.29, 0.717) is 0 Å². The number of allylic oxidation sites excluding steroid dienone is 1. The van der Waals surface area contributed by atoms with Crippen molar-refractivity contribution in [3.05, 3.63) is 23.3 Å². The van der Waals surface area contributed by atoms with Crippen LogP contribution in [0.15, 0.2) is 28.2 Å². The summed E-state index contributed by atoms with van der Waals surface area (Å²) >= 11 is 1.70. The normalized spacial score (nSPS) is 21.4. The molecule has 0 amide bonds. The summed E-state index contributed by atoms with van der Waals surface area (Å²) in [5.41, 5.74) is 2.37. The van der Waals surface area contributed by atoms with Crippen molar-refractivity contribution in [1.82, 2.24) is 4.90 Å². The molecule has 0 saturated heterocycles. The number of rotatable bonds is 1. The monoisotopic (exact) mass is 166 g/mol. The quantitative estimate of drug-likeness (QED) is 0.590. The van der Waals surface area contributed by atoms with E-state index in [-0.39, 0.29) is 0 Å². The van der Waals surface area contributed by atoms with Crippen molar-refractivity contribution in [1.29, 1.82) is 0 Å². The summed E-state index contributed by atoms with van der Waals surface area (Å²) < 4.78 is 0. The van der Waals surface area contributed by atoms with Crippen LogP contribution in [0.25, 0.3) is 0 Å². The fraction of sp³-hybridized carbons (Fsp3) is 0.375. The predicted molar refractivity (Wildman–Crippen MR) is 49.5 cm³/mol. The second kappa shape index (κ2) is 2.41. The molecule has 58 valence electrons. The Morgan fingerprint density at radius 2 is 2.64 bits per heavy atom. The Labute approximate surface area is 70.7 Å². The van der Waals surface area contributed by atoms with Crippen LogP contribution in [-0.2, 0) is 0 Å². The fourth-order valence-corrected chi connectivity index (χ4v) is 2.28. The number of hydrogen-bond donors (Lipinski definition) is 0. The Balaban J connectivity index is 2.26. The molecule has 2 rings (SSSR count). The van der Waals surface area contributed by atoms with Crippen LogP contribution < -0.4 is 0 Å². The first-order valence-corrected chi connectivity index (χ1v) is 4.51. The van der Waals surface area contributed by atoms with Gasteiger partial charge < -0.3 is 4.90 Å². The van der Waals surface area contributed by atoms with Gasteiger partial charge in [0, 0.05) is 12.0 Å². The first kappa shape index (κ1) is 6.98. The SMILES string of the molecule is C=C(C)C1=CSC2=NCCN12. The molecule has 2 aliphatic heterocycles. The second-order valence-electron chi connectivity index (χ2n) is 2.72. The third-order valence-corrected chi connectivity index (χ3v) is 2.71. The van der Waals surface area contributed by atoms with Crippen molar-refractivity contribution in [2.24, 2.45) is 4.99 Å². The van der Waals surface area contributed by atoms with E-state index in [4.69, 9.17) is 0 Å². The van der Waals surface area contributed by atoms with E-state index in [2.05, 4.69) is 21.9 Å². The third-order valence-electron chi connectivity index (χ3n) is 1.81. The Kier molecular flexibility index (Phi) is 1.53. The van der Waals surface area contributed by atoms with E-state index in [9.17, 15) is 0 Å². The largest absolute Gasteiger partial charge is 0.318 e. The minimum atomic E-state index is 0.937. The summed E-state index contributed by atoms with van der Waals surface area (Å²) in [6.45, 7) is 7.92. The first-order chi connectivity index (χ1) is 5.29. The lowest BCUT2D eigenvalue weighted by Crippen LogP contribution is -2.20. The topological polar surface area (TPSA) is 15.6 Å². The number of hydrogen-bond acceptors (Lipinski definition) is 3. The van der Waals surface area contributed by atoms with Crippen LogP contribution in [0.4, 0.5) is 0 Å². The van der Waals surface area contributed by atoms with Gasteiger partial charge in [0.05, 0.1) is 12.2 Å². The van der Waals surface area contributed by atoms with Gasteiger partial charge in [-0.25, -0.2) is 0 Å². The van der Waals surface area contributed by atoms with Crippen LogP contribution >= 0.6 is 11.8 Å². The maximum absolute atomic E-state index is 4.34. The molecule has 0 aromatic heterocycles. The smallest absolute Gasteiger partial charge is 0.168 e. The van der Waals surface area contributed by atoms with Crippen LogP contribution in [0.5, 0.6) is 0 Å². The zero-order chi connectivity index (χ0) is 7.84. The molecule has 0 unspecified atom stereocenters. The molecule has 2 nitrogen and oxygen atoms in total. The molecule has 0 aromatic carbocycles. The molecule has 0 atom stereocenters. The van der Waals surface area contributed by atoms with Crippen molar-refractivity contribution in [2.75, 3.05) is 13.1 Å². The highest BCUT2D eigenvalue weighted by Gasteiger charge is 2.25. The summed E-state index contributed by atoms with van der Waals surface area (Å²) in [6, 6.07) is 0. The molecule has 0 radical (unpaired) electrons. The molecule has 0 bridgehead atoms. The van der Waals surface area contributed by atoms with Crippen LogP contribution in [0.1, 0.15) is 6.92 Å². The summed E-state index contributed by atoms with van der Waals surface area (Å²) in [7, 11) is 0. The first-order valence-electron chi connectivity index (χ1n) is 3.64. The van der Waals surface area contributed by atoms with Crippen molar-refractivity contribution in [3.8, 4) is 0 Å². The molecule has 11 heavy (non-hydrogen) atoms. The van der Waals surface area contributed by atoms with E-state index in [0.717, 1.165) is 23.8 Å². The number of thioether (sulfide) groups is 1. The Morgan fingerprint density at radius 1 is 1.82 bits per heavy atom. The van der Waals surface area contributed by atoms with Crippen molar-refractivity contribution in [2.45, 2.75) is 6.92 Å². The van der Waals surface area contributed by atoms with Gasteiger partial charge in [-0.2, -0.15) is 0 Å². The van der Waals surface area contributed by atoms with Crippen LogP contribution in [0.2, 0.25) is 0 Å². The van der Waals surface area contributed by atoms with Crippen LogP contribution in [0.3, 0.4) is 0 Å². The Hall–Kier alpha value is -0.700. The number of aliphatic imine (C=N–C) groups is 1. The number of nitrogens with zero attached hydrogens (tertiary/aromatic N) is 2. The lowest BCUT2D eigenvalue weighted by molar-refractivity contribution is 0.584. The highest BCUT2D eigenvalue weighted by atomic mass is 32.2. The lowest BCUT2D eigenvalue weighted by atomic mass is 10.2. The highest BCUT2D eigenvalue weighted by molar-refractivity contribution is 8.16. The van der Waals surface area contributed by atoms with Gasteiger partial charge in [0.15, 0.2) is 5.17 Å². The second-order valence-corrected chi connectivity index (χ2v) is 3.55. The minimum absolute atomic E-state index is 0.937. The van der Waals surface area contributed by atoms with Gasteiger partial charge in [0.1, 0.15) is 0 Å². The summed E-state index contributed by atoms with van der Waals surface area (Å²) in [6.07, 6.45) is 0. The van der Waals surface area contributed by atoms with E-state index >= 15 is 0 Å². The van der Waals surface area contributed by atoms with Crippen molar-refractivity contribution < 1.29 is 0 Å². The van der Waals surface area contributed by atoms with Gasteiger partial charge in [0.2, 0.25) is 0 Å². The van der Waals surface area contributed by atoms with Crippen molar-refractivity contribution >= 4 is 16.9 Å². The van der Waals surface area contributed by atoms with Gasteiger partial charge in [0.25, 0.3) is 0 Å². The summed E-state index contributed by atoms with van der Waals surface area (Å²) in [5, 5.41) is 3.27. The molecule has 2 heterocycles. The molecular weight excluding hydrogens is 156 g/mol. The lowest BCUT2D eigenvalue weighted by Gasteiger charge is -2.15. The van der Waals surface area contributed by atoms with Crippen LogP contribution in [-0.4, -0.2) is 23.2 Å². The zero-order valence-electron chi connectivity index (χ0n) is 6.50. The molecule has 0 fully saturated rings. The van der Waals surface area contributed by atoms with Gasteiger partial charge in [-0.15, -0.1) is 0 Å². The molecule has 3 heteroatoms. The van der Waals surface area contributed by atoms with Gasteiger partial charge in [-0.05, 0) is 12.5 Å². The molecule has 0 aliphatic carbocycles. The van der Waals surface area contributed by atoms with Crippen LogP contribution in [0, 0.1) is 0 Å². The summed E-state index contributed by atoms with van der Waals surface area (Å²) in [4.78, 5) is 6.57. The maximum Gasteiger partial charge on any atom is 0.168 e. The zero-order valence-corrected chi connectivity index (χ0v) is 7.32. The fourth-order valence-electron chi connectivity index (χ4n) is 1.25. The molecule has 0 aromatic rings.